The fourth-order valence-corrected chi connectivity index (χ4v) is 3.46. The van der Waals surface area contributed by atoms with Crippen LogP contribution in [0.3, 0.4) is 0 Å². The highest BCUT2D eigenvalue weighted by atomic mass is 15.3. The lowest BCUT2D eigenvalue weighted by atomic mass is 9.93. The Labute approximate surface area is 103 Å². The van der Waals surface area contributed by atoms with Crippen LogP contribution in [0.2, 0.25) is 0 Å². The highest BCUT2D eigenvalue weighted by molar-refractivity contribution is 5.07. The van der Waals surface area contributed by atoms with Crippen LogP contribution in [-0.2, 0) is 6.42 Å². The Morgan fingerprint density at radius 3 is 2.65 bits per heavy atom. The van der Waals surface area contributed by atoms with Crippen molar-refractivity contribution in [2.24, 2.45) is 5.73 Å². The molecule has 3 rings (SSSR count). The lowest BCUT2D eigenvalue weighted by Gasteiger charge is -2.22. The maximum Gasteiger partial charge on any atom is 0.0643 e. The van der Waals surface area contributed by atoms with E-state index in [9.17, 15) is 0 Å². The van der Waals surface area contributed by atoms with Gasteiger partial charge >= 0.3 is 0 Å². The van der Waals surface area contributed by atoms with E-state index in [4.69, 9.17) is 10.8 Å². The fraction of sp³-hybridized carbons (Fsp3) is 0.786. The van der Waals surface area contributed by atoms with Crippen LogP contribution in [0.15, 0.2) is 12.3 Å². The van der Waals surface area contributed by atoms with E-state index in [0.29, 0.717) is 6.04 Å². The smallest absolute Gasteiger partial charge is 0.0643 e. The summed E-state index contributed by atoms with van der Waals surface area (Å²) < 4.78 is 2.18. The summed E-state index contributed by atoms with van der Waals surface area (Å²) >= 11 is 0. The number of rotatable bonds is 3. The van der Waals surface area contributed by atoms with Crippen LogP contribution in [0.1, 0.15) is 63.1 Å². The molecule has 2 aliphatic carbocycles. The van der Waals surface area contributed by atoms with Crippen LogP contribution < -0.4 is 5.73 Å². The van der Waals surface area contributed by atoms with E-state index in [1.807, 2.05) is 0 Å². The summed E-state index contributed by atoms with van der Waals surface area (Å²) in [6, 6.07) is 2.83. The zero-order valence-corrected chi connectivity index (χ0v) is 10.6. The van der Waals surface area contributed by atoms with Crippen LogP contribution in [0, 0.1) is 0 Å². The zero-order chi connectivity index (χ0) is 11.7. The van der Waals surface area contributed by atoms with Crippen molar-refractivity contribution in [1.82, 2.24) is 9.78 Å². The first-order chi connectivity index (χ1) is 8.25. The van der Waals surface area contributed by atoms with Gasteiger partial charge < -0.3 is 5.73 Å². The molecule has 0 amide bonds. The van der Waals surface area contributed by atoms with Crippen LogP contribution in [0.4, 0.5) is 0 Å². The van der Waals surface area contributed by atoms with Gasteiger partial charge in [0.1, 0.15) is 0 Å². The molecule has 1 aromatic heterocycles. The second kappa shape index (κ2) is 4.45. The molecular weight excluding hydrogens is 210 g/mol. The summed E-state index contributed by atoms with van der Waals surface area (Å²) in [6.45, 7) is 0. The van der Waals surface area contributed by atoms with Crippen molar-refractivity contribution >= 4 is 0 Å². The summed E-state index contributed by atoms with van der Waals surface area (Å²) in [6.07, 6.45) is 13.4. The first-order valence-electron chi connectivity index (χ1n) is 7.08. The highest BCUT2D eigenvalue weighted by Gasteiger charge is 2.30. The average Bonchev–Trinajstić information content (AvgIpc) is 2.98. The Morgan fingerprint density at radius 2 is 1.94 bits per heavy atom. The minimum atomic E-state index is 0.0366. The van der Waals surface area contributed by atoms with Gasteiger partial charge in [0.05, 0.1) is 11.7 Å². The van der Waals surface area contributed by atoms with Gasteiger partial charge in [-0.2, -0.15) is 5.10 Å². The number of hydrogen-bond acceptors (Lipinski definition) is 2. The van der Waals surface area contributed by atoms with E-state index >= 15 is 0 Å². The SMILES string of the molecule is NC1(Cc2ccn(C3CCCC3)n2)CCCC1. The molecule has 2 fully saturated rings. The topological polar surface area (TPSA) is 43.8 Å². The largest absolute Gasteiger partial charge is 0.325 e. The third-order valence-electron chi connectivity index (χ3n) is 4.49. The maximum atomic E-state index is 6.40. The molecule has 0 aromatic carbocycles. The van der Waals surface area contributed by atoms with Gasteiger partial charge in [0.15, 0.2) is 0 Å². The second-order valence-electron chi connectivity index (χ2n) is 5.97. The number of nitrogens with zero attached hydrogens (tertiary/aromatic N) is 2. The summed E-state index contributed by atoms with van der Waals surface area (Å²) in [4.78, 5) is 0. The predicted molar refractivity (Wildman–Crippen MR) is 68.8 cm³/mol. The average molecular weight is 233 g/mol. The van der Waals surface area contributed by atoms with Crippen molar-refractivity contribution in [2.75, 3.05) is 0 Å². The Balaban J connectivity index is 1.67. The zero-order valence-electron chi connectivity index (χ0n) is 10.6. The van der Waals surface area contributed by atoms with Gasteiger partial charge in [0, 0.05) is 18.2 Å². The molecule has 0 atom stereocenters. The van der Waals surface area contributed by atoms with E-state index in [2.05, 4.69) is 16.9 Å². The third-order valence-corrected chi connectivity index (χ3v) is 4.49. The summed E-state index contributed by atoms with van der Waals surface area (Å²) in [5, 5.41) is 4.74. The molecule has 0 unspecified atom stereocenters. The first kappa shape index (κ1) is 11.3. The van der Waals surface area contributed by atoms with E-state index in [-0.39, 0.29) is 5.54 Å². The molecule has 2 saturated carbocycles. The van der Waals surface area contributed by atoms with E-state index < -0.39 is 0 Å². The van der Waals surface area contributed by atoms with Gasteiger partial charge in [-0.1, -0.05) is 25.7 Å². The minimum Gasteiger partial charge on any atom is -0.325 e. The molecule has 3 heteroatoms. The fourth-order valence-electron chi connectivity index (χ4n) is 3.46. The van der Waals surface area contributed by atoms with Crippen LogP contribution in [0.25, 0.3) is 0 Å². The summed E-state index contributed by atoms with van der Waals surface area (Å²) in [7, 11) is 0. The molecule has 94 valence electrons. The van der Waals surface area contributed by atoms with Gasteiger partial charge in [0.25, 0.3) is 0 Å². The van der Waals surface area contributed by atoms with Crippen molar-refractivity contribution < 1.29 is 0 Å². The number of aromatic nitrogens is 2. The normalized spacial score (nSPS) is 24.5. The van der Waals surface area contributed by atoms with Gasteiger partial charge in [-0.3, -0.25) is 4.68 Å². The van der Waals surface area contributed by atoms with Gasteiger partial charge in [-0.15, -0.1) is 0 Å². The molecular formula is C14H23N3. The Hall–Kier alpha value is -0.830. The lowest BCUT2D eigenvalue weighted by Crippen LogP contribution is -2.38. The Bertz CT molecular complexity index is 371. The molecule has 1 aromatic rings. The van der Waals surface area contributed by atoms with Gasteiger partial charge in [-0.05, 0) is 31.7 Å². The Morgan fingerprint density at radius 1 is 1.24 bits per heavy atom. The van der Waals surface area contributed by atoms with Crippen molar-refractivity contribution in [3.05, 3.63) is 18.0 Å². The van der Waals surface area contributed by atoms with Crippen LogP contribution in [0.5, 0.6) is 0 Å². The first-order valence-corrected chi connectivity index (χ1v) is 7.08. The number of hydrogen-bond donors (Lipinski definition) is 1. The molecule has 2 aliphatic rings. The van der Waals surface area contributed by atoms with Crippen LogP contribution in [-0.4, -0.2) is 15.3 Å². The van der Waals surface area contributed by atoms with Gasteiger partial charge in [-0.25, -0.2) is 0 Å². The van der Waals surface area contributed by atoms with E-state index in [1.54, 1.807) is 0 Å². The molecule has 0 saturated heterocycles. The lowest BCUT2D eigenvalue weighted by molar-refractivity contribution is 0.418. The molecule has 0 aliphatic heterocycles. The van der Waals surface area contributed by atoms with Crippen molar-refractivity contribution in [1.29, 1.82) is 0 Å². The quantitative estimate of drug-likeness (QED) is 0.872. The predicted octanol–water partition coefficient (Wildman–Crippen LogP) is 2.81. The third kappa shape index (κ3) is 2.39. The monoisotopic (exact) mass is 233 g/mol. The van der Waals surface area contributed by atoms with Crippen molar-refractivity contribution in [3.8, 4) is 0 Å². The highest BCUT2D eigenvalue weighted by Crippen LogP contribution is 2.31. The van der Waals surface area contributed by atoms with Gasteiger partial charge in [0.2, 0.25) is 0 Å². The molecule has 17 heavy (non-hydrogen) atoms. The second-order valence-corrected chi connectivity index (χ2v) is 5.97. The molecule has 2 N–H and O–H groups in total. The molecule has 3 nitrogen and oxygen atoms in total. The molecule has 0 bridgehead atoms. The van der Waals surface area contributed by atoms with E-state index in [1.165, 1.54) is 57.1 Å². The summed E-state index contributed by atoms with van der Waals surface area (Å²) in [5.74, 6) is 0. The van der Waals surface area contributed by atoms with E-state index in [0.717, 1.165) is 6.42 Å². The van der Waals surface area contributed by atoms with Crippen molar-refractivity contribution in [3.63, 3.8) is 0 Å². The molecule has 1 heterocycles. The van der Waals surface area contributed by atoms with Crippen molar-refractivity contribution in [2.45, 2.75) is 69.4 Å². The molecule has 0 spiro atoms. The van der Waals surface area contributed by atoms with Crippen LogP contribution >= 0.6 is 0 Å². The maximum absolute atomic E-state index is 6.40. The number of nitrogens with two attached hydrogens (primary N) is 1. The Kier molecular flexibility index (Phi) is 2.95. The summed E-state index contributed by atoms with van der Waals surface area (Å²) in [5.41, 5.74) is 7.64. The molecule has 0 radical (unpaired) electrons. The minimum absolute atomic E-state index is 0.0366. The standard InChI is InChI=1S/C14H23N3/c15-14(8-3-4-9-14)11-12-7-10-17(16-12)13-5-1-2-6-13/h7,10,13H,1-6,8-9,11,15H2.